The second-order valence-corrected chi connectivity index (χ2v) is 5.65. The Hall–Kier alpha value is -1.03. The Labute approximate surface area is 124 Å². The number of hydrogen-bond donors (Lipinski definition) is 2. The van der Waals surface area contributed by atoms with E-state index in [1.807, 2.05) is 6.20 Å². The molecular formula is C16H31N3O. The molecule has 0 aromatic heterocycles. The van der Waals surface area contributed by atoms with E-state index in [2.05, 4.69) is 36.3 Å². The van der Waals surface area contributed by atoms with Crippen LogP contribution in [-0.4, -0.2) is 37.1 Å². The summed E-state index contributed by atoms with van der Waals surface area (Å²) in [6.07, 6.45) is 8.09. The maximum atomic E-state index is 11.7. The number of nitrogens with zero attached hydrogens (tertiary/aromatic N) is 1. The van der Waals surface area contributed by atoms with Crippen LogP contribution in [0.5, 0.6) is 0 Å². The molecule has 1 aliphatic carbocycles. The summed E-state index contributed by atoms with van der Waals surface area (Å²) in [5.74, 6) is 0.679. The normalized spacial score (nSPS) is 16.7. The summed E-state index contributed by atoms with van der Waals surface area (Å²) in [6, 6.07) is -0.0816. The zero-order valence-electron chi connectivity index (χ0n) is 13.4. The summed E-state index contributed by atoms with van der Waals surface area (Å²) >= 11 is 0. The van der Waals surface area contributed by atoms with Crippen molar-refractivity contribution in [1.29, 1.82) is 0 Å². The van der Waals surface area contributed by atoms with E-state index in [4.69, 9.17) is 0 Å². The fourth-order valence-electron chi connectivity index (χ4n) is 2.77. The Morgan fingerprint density at radius 2 is 1.90 bits per heavy atom. The van der Waals surface area contributed by atoms with Gasteiger partial charge in [0, 0.05) is 12.7 Å². The van der Waals surface area contributed by atoms with Gasteiger partial charge in [0.05, 0.1) is 0 Å². The van der Waals surface area contributed by atoms with Crippen LogP contribution in [0.3, 0.4) is 0 Å². The first-order valence-electron chi connectivity index (χ1n) is 8.10. The summed E-state index contributed by atoms with van der Waals surface area (Å²) in [5.41, 5.74) is 1.31. The van der Waals surface area contributed by atoms with Crippen molar-refractivity contribution in [3.05, 3.63) is 11.8 Å². The molecular weight excluding hydrogens is 250 g/mol. The van der Waals surface area contributed by atoms with Gasteiger partial charge in [-0.3, -0.25) is 0 Å². The van der Waals surface area contributed by atoms with Crippen LogP contribution < -0.4 is 10.6 Å². The maximum absolute atomic E-state index is 11.7. The smallest absolute Gasteiger partial charge is 0.318 e. The lowest BCUT2D eigenvalue weighted by molar-refractivity contribution is 0.242. The van der Waals surface area contributed by atoms with Gasteiger partial charge in [-0.05, 0) is 51.7 Å². The Kier molecular flexibility index (Phi) is 8.35. The molecule has 0 aliphatic heterocycles. The molecule has 0 saturated heterocycles. The van der Waals surface area contributed by atoms with Gasteiger partial charge in [0.1, 0.15) is 0 Å². The average Bonchev–Trinajstić information content (AvgIpc) is 2.99. The molecule has 20 heavy (non-hydrogen) atoms. The van der Waals surface area contributed by atoms with E-state index in [0.717, 1.165) is 32.6 Å². The molecule has 1 aliphatic rings. The Balaban J connectivity index is 2.12. The van der Waals surface area contributed by atoms with Gasteiger partial charge in [-0.15, -0.1) is 0 Å². The van der Waals surface area contributed by atoms with Crippen molar-refractivity contribution in [2.24, 2.45) is 5.92 Å². The fraction of sp³-hybridized carbons (Fsp3) is 0.812. The molecule has 0 aromatic rings. The lowest BCUT2D eigenvalue weighted by Gasteiger charge is -2.17. The van der Waals surface area contributed by atoms with Crippen LogP contribution in [0, 0.1) is 5.92 Å². The van der Waals surface area contributed by atoms with E-state index >= 15 is 0 Å². The molecule has 2 N–H and O–H groups in total. The minimum Gasteiger partial charge on any atom is -0.338 e. The molecule has 0 aromatic carbocycles. The van der Waals surface area contributed by atoms with Crippen molar-refractivity contribution >= 4 is 6.03 Å². The molecule has 0 bridgehead atoms. The van der Waals surface area contributed by atoms with Gasteiger partial charge < -0.3 is 15.5 Å². The van der Waals surface area contributed by atoms with E-state index in [0.29, 0.717) is 5.92 Å². The van der Waals surface area contributed by atoms with Crippen molar-refractivity contribution in [1.82, 2.24) is 15.5 Å². The summed E-state index contributed by atoms with van der Waals surface area (Å²) < 4.78 is 0. The quantitative estimate of drug-likeness (QED) is 0.671. The van der Waals surface area contributed by atoms with Gasteiger partial charge in [0.2, 0.25) is 0 Å². The minimum absolute atomic E-state index is 0.0816. The van der Waals surface area contributed by atoms with E-state index < -0.39 is 0 Å². The number of urea groups is 1. The molecule has 1 rings (SSSR count). The first kappa shape index (κ1) is 17.0. The van der Waals surface area contributed by atoms with Crippen LogP contribution in [0.1, 0.15) is 52.9 Å². The van der Waals surface area contributed by atoms with Crippen LogP contribution in [0.25, 0.3) is 0 Å². The Bertz CT molecular complexity index is 305. The molecule has 0 heterocycles. The molecule has 4 heteroatoms. The molecule has 0 unspecified atom stereocenters. The summed E-state index contributed by atoms with van der Waals surface area (Å²) in [6.45, 7) is 10.4. The predicted octanol–water partition coefficient (Wildman–Crippen LogP) is 3.11. The molecule has 0 spiro atoms. The highest BCUT2D eigenvalue weighted by Crippen LogP contribution is 2.30. The standard InChI is InChI=1S/C16H31N3O/c1-4-19(5-2)12-8-11-17-16(20)18-13-14(3)15-9-6-7-10-15/h13,15H,4-12H2,1-3H3,(H2,17,18,20)/b14-13+. The minimum atomic E-state index is -0.0816. The summed E-state index contributed by atoms with van der Waals surface area (Å²) in [7, 11) is 0. The van der Waals surface area contributed by atoms with E-state index in [1.165, 1.54) is 31.3 Å². The van der Waals surface area contributed by atoms with Crippen LogP contribution in [0.4, 0.5) is 4.79 Å². The van der Waals surface area contributed by atoms with Crippen LogP contribution >= 0.6 is 0 Å². The second kappa shape index (κ2) is 9.81. The van der Waals surface area contributed by atoms with Crippen molar-refractivity contribution in [3.63, 3.8) is 0 Å². The SMILES string of the molecule is CCN(CC)CCCNC(=O)N/C=C(\C)C1CCCC1. The monoisotopic (exact) mass is 281 g/mol. The fourth-order valence-corrected chi connectivity index (χ4v) is 2.77. The third-order valence-corrected chi connectivity index (χ3v) is 4.26. The lowest BCUT2D eigenvalue weighted by Crippen LogP contribution is -2.35. The van der Waals surface area contributed by atoms with Crippen LogP contribution in [0.15, 0.2) is 11.8 Å². The highest BCUT2D eigenvalue weighted by molar-refractivity contribution is 5.74. The van der Waals surface area contributed by atoms with E-state index in [-0.39, 0.29) is 6.03 Å². The third-order valence-electron chi connectivity index (χ3n) is 4.26. The van der Waals surface area contributed by atoms with Crippen LogP contribution in [0.2, 0.25) is 0 Å². The topological polar surface area (TPSA) is 44.4 Å². The first-order valence-corrected chi connectivity index (χ1v) is 8.10. The number of carbonyl (C=O) groups is 1. The van der Waals surface area contributed by atoms with Crippen molar-refractivity contribution in [2.45, 2.75) is 52.9 Å². The highest BCUT2D eigenvalue weighted by Gasteiger charge is 2.16. The van der Waals surface area contributed by atoms with E-state index in [1.54, 1.807) is 0 Å². The van der Waals surface area contributed by atoms with Gasteiger partial charge >= 0.3 is 6.03 Å². The number of rotatable bonds is 8. The zero-order chi connectivity index (χ0) is 14.8. The largest absolute Gasteiger partial charge is 0.338 e. The number of amides is 2. The molecule has 0 radical (unpaired) electrons. The molecule has 116 valence electrons. The highest BCUT2D eigenvalue weighted by atomic mass is 16.2. The summed E-state index contributed by atoms with van der Waals surface area (Å²) in [4.78, 5) is 14.0. The van der Waals surface area contributed by atoms with Crippen molar-refractivity contribution in [2.75, 3.05) is 26.2 Å². The molecule has 1 fully saturated rings. The zero-order valence-corrected chi connectivity index (χ0v) is 13.4. The number of allylic oxidation sites excluding steroid dienone is 1. The first-order chi connectivity index (χ1) is 9.67. The number of hydrogen-bond acceptors (Lipinski definition) is 2. The Morgan fingerprint density at radius 3 is 2.50 bits per heavy atom. The van der Waals surface area contributed by atoms with Crippen molar-refractivity contribution < 1.29 is 4.79 Å². The van der Waals surface area contributed by atoms with Gasteiger partial charge in [0.15, 0.2) is 0 Å². The van der Waals surface area contributed by atoms with Gasteiger partial charge in [0.25, 0.3) is 0 Å². The molecule has 0 atom stereocenters. The number of nitrogens with one attached hydrogen (secondary N) is 2. The maximum Gasteiger partial charge on any atom is 0.318 e. The summed E-state index contributed by atoms with van der Waals surface area (Å²) in [5, 5.41) is 5.76. The predicted molar refractivity (Wildman–Crippen MR) is 84.7 cm³/mol. The Morgan fingerprint density at radius 1 is 1.25 bits per heavy atom. The molecule has 2 amide bonds. The number of carbonyl (C=O) groups excluding carboxylic acids is 1. The third kappa shape index (κ3) is 6.42. The van der Waals surface area contributed by atoms with Gasteiger partial charge in [-0.2, -0.15) is 0 Å². The van der Waals surface area contributed by atoms with E-state index in [9.17, 15) is 4.79 Å². The second-order valence-electron chi connectivity index (χ2n) is 5.65. The van der Waals surface area contributed by atoms with Crippen molar-refractivity contribution in [3.8, 4) is 0 Å². The molecule has 1 saturated carbocycles. The lowest BCUT2D eigenvalue weighted by atomic mass is 10.0. The van der Waals surface area contributed by atoms with Gasteiger partial charge in [-0.1, -0.05) is 32.3 Å². The van der Waals surface area contributed by atoms with Gasteiger partial charge in [-0.25, -0.2) is 4.79 Å². The average molecular weight is 281 g/mol. The van der Waals surface area contributed by atoms with Crippen LogP contribution in [-0.2, 0) is 0 Å². The molecule has 4 nitrogen and oxygen atoms in total.